The number of carbonyl (C=O) groups is 2. The van der Waals surface area contributed by atoms with Crippen LogP contribution in [0.5, 0.6) is 0 Å². The molecule has 1 unspecified atom stereocenters. The quantitative estimate of drug-likeness (QED) is 0.802. The second-order valence-corrected chi connectivity index (χ2v) is 7.02. The number of hydrogen-bond donors (Lipinski definition) is 0. The molecule has 4 rings (SSSR count). The largest absolute Gasteiger partial charge is 0.338 e. The molecule has 8 heteroatoms. The highest BCUT2D eigenvalue weighted by Gasteiger charge is 2.50. The third-order valence-electron chi connectivity index (χ3n) is 5.29. The Morgan fingerprint density at radius 3 is 2.52 bits per heavy atom. The molecule has 2 saturated heterocycles. The maximum Gasteiger partial charge on any atom is 0.246 e. The number of rotatable bonds is 2. The van der Waals surface area contributed by atoms with E-state index in [0.717, 1.165) is 18.1 Å². The van der Waals surface area contributed by atoms with E-state index in [-0.39, 0.29) is 18.4 Å². The topological polar surface area (TPSA) is 69.6 Å². The lowest BCUT2D eigenvalue weighted by Gasteiger charge is -2.48. The summed E-state index contributed by atoms with van der Waals surface area (Å²) < 4.78 is 13.1. The lowest BCUT2D eigenvalue weighted by Crippen LogP contribution is -2.66. The Labute approximate surface area is 156 Å². The normalized spacial score (nSPS) is 22.6. The molecule has 2 amide bonds. The minimum atomic E-state index is -0.521. The van der Waals surface area contributed by atoms with Crippen LogP contribution in [0.3, 0.4) is 0 Å². The Kier molecular flexibility index (Phi) is 4.25. The summed E-state index contributed by atoms with van der Waals surface area (Å²) in [6, 6.07) is 9.47. The molecule has 27 heavy (non-hydrogen) atoms. The third-order valence-corrected chi connectivity index (χ3v) is 5.29. The molecule has 1 spiro atoms. The molecule has 0 N–H and O–H groups in total. The van der Waals surface area contributed by atoms with Gasteiger partial charge in [0.2, 0.25) is 17.8 Å². The maximum absolute atomic E-state index is 13.1. The van der Waals surface area contributed by atoms with Gasteiger partial charge in [-0.25, -0.2) is 14.4 Å². The summed E-state index contributed by atoms with van der Waals surface area (Å²) in [6.45, 7) is 3.07. The first-order valence-corrected chi connectivity index (χ1v) is 8.85. The molecule has 0 bridgehead atoms. The van der Waals surface area contributed by atoms with E-state index in [1.54, 1.807) is 9.80 Å². The van der Waals surface area contributed by atoms with Crippen molar-refractivity contribution in [1.29, 1.82) is 0 Å². The molecule has 0 aliphatic carbocycles. The number of amides is 2. The molecule has 2 aliphatic heterocycles. The Bertz CT molecular complexity index is 860. The van der Waals surface area contributed by atoms with Crippen molar-refractivity contribution in [3.8, 4) is 0 Å². The molecule has 0 saturated carbocycles. The van der Waals surface area contributed by atoms with Gasteiger partial charge >= 0.3 is 0 Å². The van der Waals surface area contributed by atoms with Crippen LogP contribution in [-0.2, 0) is 9.59 Å². The minimum Gasteiger partial charge on any atom is -0.338 e. The van der Waals surface area contributed by atoms with Crippen molar-refractivity contribution in [2.75, 3.05) is 36.0 Å². The SMILES string of the molecule is CC(=O)N1CC(=O)N(c2ccccc2)CC12CCN(c1ncc(F)cn1)C2. The van der Waals surface area contributed by atoms with E-state index in [9.17, 15) is 14.0 Å². The molecule has 7 nitrogen and oxygen atoms in total. The van der Waals surface area contributed by atoms with Gasteiger partial charge < -0.3 is 14.7 Å². The molecule has 2 fully saturated rings. The number of hydrogen-bond acceptors (Lipinski definition) is 5. The van der Waals surface area contributed by atoms with Crippen LogP contribution in [0.25, 0.3) is 0 Å². The van der Waals surface area contributed by atoms with E-state index in [4.69, 9.17) is 0 Å². The average Bonchev–Trinajstić information content (AvgIpc) is 3.09. The summed E-state index contributed by atoms with van der Waals surface area (Å²) in [4.78, 5) is 38.4. The Morgan fingerprint density at radius 2 is 1.85 bits per heavy atom. The fourth-order valence-electron chi connectivity index (χ4n) is 3.99. The number of carbonyl (C=O) groups excluding carboxylic acids is 2. The number of para-hydroxylation sites is 1. The molecule has 2 aliphatic rings. The number of anilines is 2. The van der Waals surface area contributed by atoms with E-state index in [2.05, 4.69) is 9.97 Å². The van der Waals surface area contributed by atoms with Crippen LogP contribution in [0, 0.1) is 5.82 Å². The zero-order valence-corrected chi connectivity index (χ0v) is 15.0. The van der Waals surface area contributed by atoms with E-state index in [0.29, 0.717) is 32.0 Å². The summed E-state index contributed by atoms with van der Waals surface area (Å²) in [5.74, 6) is -0.284. The standard InChI is InChI=1S/C19H20FN5O2/c1-14(26)25-11-17(27)24(16-5-3-2-4-6-16)13-19(25)7-8-23(12-19)18-21-9-15(20)10-22-18/h2-6,9-10H,7-8,11-13H2,1H3. The van der Waals surface area contributed by atoms with Crippen LogP contribution < -0.4 is 9.80 Å². The molecular weight excluding hydrogens is 349 g/mol. The summed E-state index contributed by atoms with van der Waals surface area (Å²) in [5, 5.41) is 0. The molecule has 0 radical (unpaired) electrons. The van der Waals surface area contributed by atoms with Crippen LogP contribution >= 0.6 is 0 Å². The highest BCUT2D eigenvalue weighted by molar-refractivity contribution is 5.98. The lowest BCUT2D eigenvalue weighted by molar-refractivity contribution is -0.142. The zero-order valence-electron chi connectivity index (χ0n) is 15.0. The van der Waals surface area contributed by atoms with Crippen LogP contribution in [0.1, 0.15) is 13.3 Å². The van der Waals surface area contributed by atoms with Crippen LogP contribution in [0.15, 0.2) is 42.7 Å². The summed E-state index contributed by atoms with van der Waals surface area (Å²) in [5.41, 5.74) is 0.300. The number of benzene rings is 1. The Balaban J connectivity index is 1.64. The van der Waals surface area contributed by atoms with Crippen molar-refractivity contribution in [3.63, 3.8) is 0 Å². The summed E-state index contributed by atoms with van der Waals surface area (Å²) >= 11 is 0. The second kappa shape index (κ2) is 6.61. The Hall–Kier alpha value is -3.03. The summed E-state index contributed by atoms with van der Waals surface area (Å²) in [7, 11) is 0. The first-order chi connectivity index (χ1) is 13.0. The average molecular weight is 369 g/mol. The number of aromatic nitrogens is 2. The number of nitrogens with zero attached hydrogens (tertiary/aromatic N) is 5. The second-order valence-electron chi connectivity index (χ2n) is 7.02. The van der Waals surface area contributed by atoms with E-state index >= 15 is 0 Å². The van der Waals surface area contributed by atoms with Gasteiger partial charge in [0.05, 0.1) is 24.5 Å². The van der Waals surface area contributed by atoms with Gasteiger partial charge in [-0.2, -0.15) is 0 Å². The highest BCUT2D eigenvalue weighted by atomic mass is 19.1. The molecular formula is C19H20FN5O2. The monoisotopic (exact) mass is 369 g/mol. The third kappa shape index (κ3) is 3.11. The van der Waals surface area contributed by atoms with Gasteiger partial charge in [-0.3, -0.25) is 9.59 Å². The van der Waals surface area contributed by atoms with E-state index in [1.165, 1.54) is 6.92 Å². The lowest BCUT2D eigenvalue weighted by atomic mass is 9.91. The minimum absolute atomic E-state index is 0.0440. The van der Waals surface area contributed by atoms with Gasteiger partial charge in [0.15, 0.2) is 5.82 Å². The van der Waals surface area contributed by atoms with Gasteiger partial charge in [0.25, 0.3) is 0 Å². The predicted octanol–water partition coefficient (Wildman–Crippen LogP) is 1.46. The molecule has 1 aromatic heterocycles. The highest BCUT2D eigenvalue weighted by Crippen LogP contribution is 2.35. The van der Waals surface area contributed by atoms with Gasteiger partial charge in [-0.05, 0) is 18.6 Å². The predicted molar refractivity (Wildman–Crippen MR) is 97.7 cm³/mol. The molecule has 1 aromatic carbocycles. The van der Waals surface area contributed by atoms with Crippen LogP contribution in [0.2, 0.25) is 0 Å². The number of halogens is 1. The fourth-order valence-corrected chi connectivity index (χ4v) is 3.99. The zero-order chi connectivity index (χ0) is 19.0. The van der Waals surface area contributed by atoms with Crippen molar-refractivity contribution in [2.24, 2.45) is 0 Å². The summed E-state index contributed by atoms with van der Waals surface area (Å²) in [6.07, 6.45) is 2.96. The molecule has 2 aromatic rings. The van der Waals surface area contributed by atoms with Crippen molar-refractivity contribution in [2.45, 2.75) is 18.9 Å². The van der Waals surface area contributed by atoms with Crippen molar-refractivity contribution in [3.05, 3.63) is 48.5 Å². The van der Waals surface area contributed by atoms with Gasteiger partial charge in [-0.1, -0.05) is 18.2 Å². The van der Waals surface area contributed by atoms with Crippen molar-refractivity contribution < 1.29 is 14.0 Å². The first-order valence-electron chi connectivity index (χ1n) is 8.85. The first kappa shape index (κ1) is 17.4. The Morgan fingerprint density at radius 1 is 1.15 bits per heavy atom. The van der Waals surface area contributed by atoms with Crippen LogP contribution in [-0.4, -0.2) is 58.4 Å². The fraction of sp³-hybridized carbons (Fsp3) is 0.368. The van der Waals surface area contributed by atoms with Gasteiger partial charge in [-0.15, -0.1) is 0 Å². The smallest absolute Gasteiger partial charge is 0.246 e. The molecule has 140 valence electrons. The van der Waals surface area contributed by atoms with Gasteiger partial charge in [0, 0.05) is 25.7 Å². The van der Waals surface area contributed by atoms with Crippen LogP contribution in [0.4, 0.5) is 16.0 Å². The number of piperazine rings is 1. The van der Waals surface area contributed by atoms with E-state index < -0.39 is 11.4 Å². The van der Waals surface area contributed by atoms with Crippen molar-refractivity contribution in [1.82, 2.24) is 14.9 Å². The van der Waals surface area contributed by atoms with Crippen molar-refractivity contribution >= 4 is 23.5 Å². The molecule has 3 heterocycles. The molecule has 1 atom stereocenters. The van der Waals surface area contributed by atoms with Gasteiger partial charge in [0.1, 0.15) is 6.54 Å². The maximum atomic E-state index is 13.1. The van der Waals surface area contributed by atoms with E-state index in [1.807, 2.05) is 35.2 Å².